The molecule has 106 valence electrons. The second-order valence-electron chi connectivity index (χ2n) is 5.56. The lowest BCUT2D eigenvalue weighted by Crippen LogP contribution is -2.32. The van der Waals surface area contributed by atoms with Crippen LogP contribution in [0.15, 0.2) is 11.1 Å². The Kier molecular flexibility index (Phi) is 3.27. The molecule has 4 nitrogen and oxygen atoms in total. The van der Waals surface area contributed by atoms with Gasteiger partial charge in [-0.2, -0.15) is 4.99 Å². The number of rotatable bonds is 4. The molecule has 1 fully saturated rings. The average Bonchev–Trinajstić information content (AvgIpc) is 2.90. The van der Waals surface area contributed by atoms with Crippen molar-refractivity contribution >= 4 is 6.08 Å². The molecule has 1 aromatic rings. The quantitative estimate of drug-likeness (QED) is 0.626. The van der Waals surface area contributed by atoms with E-state index in [1.165, 1.54) is 11.1 Å². The summed E-state index contributed by atoms with van der Waals surface area (Å²) in [7, 11) is 3.39. The number of nitrogens with zero attached hydrogens (tertiary/aromatic N) is 1. The summed E-state index contributed by atoms with van der Waals surface area (Å²) in [5.74, 6) is 1.80. The second-order valence-corrected chi connectivity index (χ2v) is 5.56. The first-order valence-corrected chi connectivity index (χ1v) is 7.12. The Morgan fingerprint density at radius 3 is 2.45 bits per heavy atom. The molecule has 20 heavy (non-hydrogen) atoms. The van der Waals surface area contributed by atoms with Gasteiger partial charge >= 0.3 is 0 Å². The first-order chi connectivity index (χ1) is 9.75. The van der Waals surface area contributed by atoms with E-state index in [2.05, 4.69) is 4.99 Å². The van der Waals surface area contributed by atoms with E-state index < -0.39 is 5.54 Å². The molecular formula is C16H19NO3. The molecule has 0 N–H and O–H groups in total. The summed E-state index contributed by atoms with van der Waals surface area (Å²) in [5, 5.41) is 0. The summed E-state index contributed by atoms with van der Waals surface area (Å²) in [4.78, 5) is 14.9. The summed E-state index contributed by atoms with van der Waals surface area (Å²) in [6, 6.07) is 2.02. The van der Waals surface area contributed by atoms with Crippen LogP contribution in [0.4, 0.5) is 0 Å². The van der Waals surface area contributed by atoms with Gasteiger partial charge in [-0.05, 0) is 44.6 Å². The van der Waals surface area contributed by atoms with Crippen molar-refractivity contribution < 1.29 is 14.3 Å². The van der Waals surface area contributed by atoms with E-state index in [1.54, 1.807) is 20.3 Å². The molecule has 0 saturated heterocycles. The van der Waals surface area contributed by atoms with E-state index in [9.17, 15) is 4.79 Å². The molecule has 1 aromatic carbocycles. The number of carbonyl (C=O) groups excluding carboxylic acids is 1. The van der Waals surface area contributed by atoms with Crippen molar-refractivity contribution in [3.05, 3.63) is 22.8 Å². The van der Waals surface area contributed by atoms with Gasteiger partial charge in [0.1, 0.15) is 17.0 Å². The third kappa shape index (κ3) is 1.75. The Morgan fingerprint density at radius 2 is 1.90 bits per heavy atom. The Bertz CT molecular complexity index is 584. The van der Waals surface area contributed by atoms with Gasteiger partial charge in [0.15, 0.2) is 0 Å². The zero-order chi connectivity index (χ0) is 14.2. The number of fused-ring (bicyclic) bond motifs is 1. The van der Waals surface area contributed by atoms with Gasteiger partial charge in [-0.15, -0.1) is 0 Å². The number of ether oxygens (including phenoxy) is 2. The van der Waals surface area contributed by atoms with E-state index in [-0.39, 0.29) is 0 Å². The normalized spacial score (nSPS) is 18.7. The third-order valence-electron chi connectivity index (χ3n) is 4.68. The molecule has 0 radical (unpaired) electrons. The number of hydrogen-bond acceptors (Lipinski definition) is 4. The van der Waals surface area contributed by atoms with Crippen LogP contribution >= 0.6 is 0 Å². The molecule has 4 heteroatoms. The lowest BCUT2D eigenvalue weighted by atomic mass is 9.71. The molecule has 0 bridgehead atoms. The van der Waals surface area contributed by atoms with Crippen LogP contribution < -0.4 is 9.47 Å². The van der Waals surface area contributed by atoms with Crippen molar-refractivity contribution in [3.63, 3.8) is 0 Å². The summed E-state index contributed by atoms with van der Waals surface area (Å²) in [5.41, 5.74) is 3.02. The van der Waals surface area contributed by atoms with Gasteiger partial charge in [0.25, 0.3) is 0 Å². The Balaban J connectivity index is 2.22. The molecule has 0 amide bonds. The van der Waals surface area contributed by atoms with Crippen LogP contribution in [0.3, 0.4) is 0 Å². The van der Waals surface area contributed by atoms with Gasteiger partial charge in [0, 0.05) is 16.7 Å². The second kappa shape index (κ2) is 4.95. The maximum atomic E-state index is 10.8. The minimum Gasteiger partial charge on any atom is -0.496 e. The number of aliphatic imine (C=N–C) groups is 1. The summed E-state index contributed by atoms with van der Waals surface area (Å²) in [6.45, 7) is 0. The van der Waals surface area contributed by atoms with Crippen molar-refractivity contribution in [1.82, 2.24) is 0 Å². The van der Waals surface area contributed by atoms with E-state index in [0.29, 0.717) is 0 Å². The van der Waals surface area contributed by atoms with E-state index >= 15 is 0 Å². The van der Waals surface area contributed by atoms with Crippen molar-refractivity contribution in [1.29, 1.82) is 0 Å². The zero-order valence-corrected chi connectivity index (χ0v) is 12.0. The Labute approximate surface area is 118 Å². The average molecular weight is 273 g/mol. The van der Waals surface area contributed by atoms with Crippen LogP contribution in [0.25, 0.3) is 0 Å². The number of methoxy groups -OCH3 is 2. The SMILES string of the molecule is COc1cc(C2(N=C=O)CCC2)c(OC)c2c1CCC2. The van der Waals surface area contributed by atoms with Crippen molar-refractivity contribution in [3.8, 4) is 11.5 Å². The van der Waals surface area contributed by atoms with Crippen molar-refractivity contribution in [2.24, 2.45) is 4.99 Å². The van der Waals surface area contributed by atoms with E-state index in [1.807, 2.05) is 6.07 Å². The zero-order valence-electron chi connectivity index (χ0n) is 12.0. The third-order valence-corrected chi connectivity index (χ3v) is 4.68. The Morgan fingerprint density at radius 1 is 1.15 bits per heavy atom. The molecular weight excluding hydrogens is 254 g/mol. The van der Waals surface area contributed by atoms with Gasteiger partial charge in [0.05, 0.1) is 14.2 Å². The standard InChI is InChI=1S/C16H19NO3/c1-19-14-9-13(16(17-10-18)7-4-8-16)15(20-2)12-6-3-5-11(12)14/h9H,3-8H2,1-2H3. The molecule has 1 saturated carbocycles. The van der Waals surface area contributed by atoms with Gasteiger partial charge < -0.3 is 9.47 Å². The summed E-state index contributed by atoms with van der Waals surface area (Å²) < 4.78 is 11.2. The van der Waals surface area contributed by atoms with Gasteiger partial charge in [-0.3, -0.25) is 0 Å². The molecule has 0 aliphatic heterocycles. The monoisotopic (exact) mass is 273 g/mol. The molecule has 0 aromatic heterocycles. The molecule has 2 aliphatic carbocycles. The molecule has 3 rings (SSSR count). The van der Waals surface area contributed by atoms with Gasteiger partial charge in [-0.25, -0.2) is 4.79 Å². The molecule has 0 atom stereocenters. The molecule has 0 spiro atoms. The highest BCUT2D eigenvalue weighted by Crippen LogP contribution is 2.52. The topological polar surface area (TPSA) is 47.9 Å². The Hall–Kier alpha value is -1.80. The fourth-order valence-corrected chi connectivity index (χ4v) is 3.51. The fourth-order valence-electron chi connectivity index (χ4n) is 3.51. The fraction of sp³-hybridized carbons (Fsp3) is 0.562. The van der Waals surface area contributed by atoms with Crippen LogP contribution in [0.1, 0.15) is 42.4 Å². The molecule has 0 unspecified atom stereocenters. The summed E-state index contributed by atoms with van der Waals surface area (Å²) >= 11 is 0. The van der Waals surface area contributed by atoms with Crippen LogP contribution in [-0.2, 0) is 23.2 Å². The van der Waals surface area contributed by atoms with Crippen LogP contribution in [0.5, 0.6) is 11.5 Å². The van der Waals surface area contributed by atoms with Crippen LogP contribution in [0.2, 0.25) is 0 Å². The van der Waals surface area contributed by atoms with Crippen LogP contribution in [0, 0.1) is 0 Å². The first-order valence-electron chi connectivity index (χ1n) is 7.12. The highest BCUT2D eigenvalue weighted by Gasteiger charge is 2.43. The highest BCUT2D eigenvalue weighted by atomic mass is 16.5. The minimum absolute atomic E-state index is 0.446. The minimum atomic E-state index is -0.446. The maximum Gasteiger partial charge on any atom is 0.235 e. The number of hydrogen-bond donors (Lipinski definition) is 0. The lowest BCUT2D eigenvalue weighted by molar-refractivity contribution is 0.244. The maximum absolute atomic E-state index is 10.8. The van der Waals surface area contributed by atoms with Crippen molar-refractivity contribution in [2.45, 2.75) is 44.1 Å². The van der Waals surface area contributed by atoms with E-state index in [0.717, 1.165) is 55.6 Å². The smallest absolute Gasteiger partial charge is 0.235 e. The number of benzene rings is 1. The van der Waals surface area contributed by atoms with Crippen molar-refractivity contribution in [2.75, 3.05) is 14.2 Å². The predicted octanol–water partition coefficient (Wildman–Crippen LogP) is 2.91. The molecule has 2 aliphatic rings. The molecule has 0 heterocycles. The predicted molar refractivity (Wildman–Crippen MR) is 75.2 cm³/mol. The lowest BCUT2D eigenvalue weighted by Gasteiger charge is -2.38. The first kappa shape index (κ1) is 13.2. The van der Waals surface area contributed by atoms with Gasteiger partial charge in [-0.1, -0.05) is 0 Å². The highest BCUT2D eigenvalue weighted by molar-refractivity contribution is 5.59. The summed E-state index contributed by atoms with van der Waals surface area (Å²) in [6.07, 6.45) is 7.72. The largest absolute Gasteiger partial charge is 0.496 e. The number of isocyanates is 1. The van der Waals surface area contributed by atoms with Crippen LogP contribution in [-0.4, -0.2) is 20.3 Å². The van der Waals surface area contributed by atoms with E-state index in [4.69, 9.17) is 9.47 Å². The van der Waals surface area contributed by atoms with Gasteiger partial charge in [0.2, 0.25) is 6.08 Å².